The molecule has 41 heavy (non-hydrogen) atoms. The van der Waals surface area contributed by atoms with Gasteiger partial charge < -0.3 is 14.2 Å². The molecule has 2 saturated heterocycles. The van der Waals surface area contributed by atoms with Gasteiger partial charge in [0.2, 0.25) is 0 Å². The number of imide groups is 1. The number of cyclic esters (lactones) is 1. The third kappa shape index (κ3) is 4.69. The topological polar surface area (TPSA) is 82.1 Å². The maximum absolute atomic E-state index is 14.2. The molecule has 5 atom stereocenters. The summed E-state index contributed by atoms with van der Waals surface area (Å²) >= 11 is 0. The van der Waals surface area contributed by atoms with Crippen LogP contribution in [0.2, 0.25) is 0 Å². The molecule has 0 saturated carbocycles. The average molecular weight is 552 g/mol. The van der Waals surface area contributed by atoms with Gasteiger partial charge in [0, 0.05) is 11.8 Å². The van der Waals surface area contributed by atoms with Gasteiger partial charge in [0.25, 0.3) is 5.91 Å². The quantitative estimate of drug-likeness (QED) is 0.212. The van der Waals surface area contributed by atoms with Crippen molar-refractivity contribution in [3.05, 3.63) is 113 Å². The minimum absolute atomic E-state index is 0.0298. The van der Waals surface area contributed by atoms with Crippen LogP contribution in [0.15, 0.2) is 96.6 Å². The van der Waals surface area contributed by atoms with Crippen LogP contribution in [0.5, 0.6) is 5.75 Å². The normalized spacial score (nSPS) is 26.6. The number of allylic oxidation sites excluding steroid dienone is 1. The molecule has 3 aliphatic rings. The molecule has 7 heteroatoms. The molecule has 3 aromatic carbocycles. The molecule has 0 unspecified atom stereocenters. The number of carbonyl (C=O) groups is 3. The number of esters is 1. The van der Waals surface area contributed by atoms with Crippen LogP contribution in [0.3, 0.4) is 0 Å². The molecule has 7 nitrogen and oxygen atoms in total. The van der Waals surface area contributed by atoms with Crippen molar-refractivity contribution in [1.82, 2.24) is 4.90 Å². The zero-order valence-corrected chi connectivity index (χ0v) is 23.2. The third-order valence-corrected chi connectivity index (χ3v) is 8.90. The Balaban J connectivity index is 1.29. The first-order valence-corrected chi connectivity index (χ1v) is 14.0. The van der Waals surface area contributed by atoms with Crippen LogP contribution in [0.25, 0.3) is 0 Å². The lowest BCUT2D eigenvalue weighted by molar-refractivity contribution is -0.155. The highest BCUT2D eigenvalue weighted by Crippen LogP contribution is 2.59. The lowest BCUT2D eigenvalue weighted by atomic mass is 9.58. The highest BCUT2D eigenvalue weighted by atomic mass is 16.6. The van der Waals surface area contributed by atoms with Crippen molar-refractivity contribution in [2.75, 3.05) is 6.61 Å². The van der Waals surface area contributed by atoms with E-state index in [0.29, 0.717) is 13.0 Å². The Morgan fingerprint density at radius 3 is 2.20 bits per heavy atom. The summed E-state index contributed by atoms with van der Waals surface area (Å²) in [5.41, 5.74) is 2.48. The van der Waals surface area contributed by atoms with E-state index < -0.39 is 41.3 Å². The molecule has 2 fully saturated rings. The molecular weight excluding hydrogens is 518 g/mol. The Hall–Kier alpha value is -4.39. The number of ether oxygens (including phenoxy) is 3. The lowest BCUT2D eigenvalue weighted by Gasteiger charge is -2.39. The van der Waals surface area contributed by atoms with E-state index in [1.54, 1.807) is 0 Å². The van der Waals surface area contributed by atoms with Crippen molar-refractivity contribution < 1.29 is 28.6 Å². The Morgan fingerprint density at radius 1 is 0.902 bits per heavy atom. The number of nitrogens with zero attached hydrogens (tertiary/aromatic N) is 1. The maximum atomic E-state index is 14.2. The Kier molecular flexibility index (Phi) is 7.12. The zero-order valence-electron chi connectivity index (χ0n) is 23.2. The van der Waals surface area contributed by atoms with E-state index in [4.69, 9.17) is 14.2 Å². The Bertz CT molecular complexity index is 1470. The van der Waals surface area contributed by atoms with Crippen molar-refractivity contribution in [1.29, 1.82) is 0 Å². The van der Waals surface area contributed by atoms with Gasteiger partial charge in [-0.15, -0.1) is 0 Å². The first kappa shape index (κ1) is 26.8. The fourth-order valence-corrected chi connectivity index (χ4v) is 6.74. The van der Waals surface area contributed by atoms with Crippen LogP contribution >= 0.6 is 0 Å². The monoisotopic (exact) mass is 551 g/mol. The van der Waals surface area contributed by atoms with Gasteiger partial charge in [-0.1, -0.05) is 91.4 Å². The summed E-state index contributed by atoms with van der Waals surface area (Å²) in [5.74, 6) is -1.28. The number of amides is 2. The van der Waals surface area contributed by atoms with E-state index in [1.807, 2.05) is 105 Å². The number of benzene rings is 3. The van der Waals surface area contributed by atoms with Gasteiger partial charge in [0.05, 0.1) is 12.6 Å². The number of hydrogen-bond donors (Lipinski definition) is 0. The van der Waals surface area contributed by atoms with Gasteiger partial charge in [0.15, 0.2) is 5.41 Å². The van der Waals surface area contributed by atoms with Crippen molar-refractivity contribution in [2.45, 2.75) is 39.5 Å². The summed E-state index contributed by atoms with van der Waals surface area (Å²) in [4.78, 5) is 42.4. The molecule has 6 rings (SSSR count). The van der Waals surface area contributed by atoms with Gasteiger partial charge in [-0.25, -0.2) is 9.69 Å². The standard InChI is InChI=1S/C34H33NO6/c1-22-17-27-21-40-32(37)34(27)30(23(22)2)29(35(31(34)36)33(38)41-20-26-11-7-4-8-12-26)18-24-13-15-28(16-14-24)39-19-25-9-5-3-6-10-25/h3-17,23,27,29-30H,18-21H2,1-2H3/t23-,27-,29+,30+,34+/m1/s1. The van der Waals surface area contributed by atoms with Crippen LogP contribution in [-0.4, -0.2) is 35.5 Å². The Labute approximate surface area is 239 Å². The predicted molar refractivity (Wildman–Crippen MR) is 151 cm³/mol. The van der Waals surface area contributed by atoms with Crippen molar-refractivity contribution in [2.24, 2.45) is 23.2 Å². The van der Waals surface area contributed by atoms with E-state index in [-0.39, 0.29) is 19.1 Å². The maximum Gasteiger partial charge on any atom is 0.417 e. The number of likely N-dealkylation sites (tertiary alicyclic amines) is 1. The SMILES string of the molecule is CC1=C[C@@H]2COC(=O)[C@@]23C(=O)N(C(=O)OCc2ccccc2)[C@@H](Cc2ccc(OCc4ccccc4)cc2)[C@@H]3[C@@H]1C. The number of hydrogen-bond acceptors (Lipinski definition) is 6. The molecule has 3 aromatic rings. The van der Waals surface area contributed by atoms with E-state index in [2.05, 4.69) is 0 Å². The molecule has 1 aliphatic carbocycles. The molecule has 2 aliphatic heterocycles. The summed E-state index contributed by atoms with van der Waals surface area (Å²) < 4.78 is 17.1. The molecule has 0 radical (unpaired) electrons. The largest absolute Gasteiger partial charge is 0.489 e. The van der Waals surface area contributed by atoms with Gasteiger partial charge in [-0.3, -0.25) is 9.59 Å². The van der Waals surface area contributed by atoms with Crippen LogP contribution in [0.4, 0.5) is 4.79 Å². The molecule has 2 heterocycles. The van der Waals surface area contributed by atoms with Crippen molar-refractivity contribution in [3.8, 4) is 5.75 Å². The highest BCUT2D eigenvalue weighted by Gasteiger charge is 2.73. The number of rotatable bonds is 7. The average Bonchev–Trinajstić information content (AvgIpc) is 3.46. The number of carbonyl (C=O) groups excluding carboxylic acids is 3. The van der Waals surface area contributed by atoms with Gasteiger partial charge >= 0.3 is 12.1 Å². The first-order valence-electron chi connectivity index (χ1n) is 14.0. The van der Waals surface area contributed by atoms with Crippen molar-refractivity contribution >= 4 is 18.0 Å². The van der Waals surface area contributed by atoms with Gasteiger partial charge in [0.1, 0.15) is 19.0 Å². The summed E-state index contributed by atoms with van der Waals surface area (Å²) in [7, 11) is 0. The molecule has 210 valence electrons. The second-order valence-electron chi connectivity index (χ2n) is 11.2. The Morgan fingerprint density at radius 2 is 1.54 bits per heavy atom. The second-order valence-corrected chi connectivity index (χ2v) is 11.2. The van der Waals surface area contributed by atoms with E-state index in [1.165, 1.54) is 4.90 Å². The fourth-order valence-electron chi connectivity index (χ4n) is 6.74. The van der Waals surface area contributed by atoms with Crippen LogP contribution in [-0.2, 0) is 38.7 Å². The minimum atomic E-state index is -1.42. The summed E-state index contributed by atoms with van der Waals surface area (Å²) in [6.07, 6.45) is 1.63. The van der Waals surface area contributed by atoms with E-state index in [0.717, 1.165) is 28.0 Å². The third-order valence-electron chi connectivity index (χ3n) is 8.90. The lowest BCUT2D eigenvalue weighted by Crippen LogP contribution is -2.49. The minimum Gasteiger partial charge on any atom is -0.489 e. The molecule has 0 bridgehead atoms. The fraction of sp³-hybridized carbons (Fsp3) is 0.324. The molecule has 0 N–H and O–H groups in total. The molecular formula is C34H33NO6. The van der Waals surface area contributed by atoms with Gasteiger partial charge in [-0.2, -0.15) is 0 Å². The van der Waals surface area contributed by atoms with Crippen molar-refractivity contribution in [3.63, 3.8) is 0 Å². The second kappa shape index (κ2) is 10.9. The summed E-state index contributed by atoms with van der Waals surface area (Å²) in [6, 6.07) is 26.4. The summed E-state index contributed by atoms with van der Waals surface area (Å²) in [5, 5.41) is 0. The van der Waals surface area contributed by atoms with E-state index >= 15 is 0 Å². The van der Waals surface area contributed by atoms with Crippen LogP contribution in [0.1, 0.15) is 30.5 Å². The van der Waals surface area contributed by atoms with Crippen LogP contribution in [0, 0.1) is 23.2 Å². The zero-order chi connectivity index (χ0) is 28.6. The molecule has 2 amide bonds. The van der Waals surface area contributed by atoms with Gasteiger partial charge in [-0.05, 0) is 48.1 Å². The highest BCUT2D eigenvalue weighted by molar-refractivity contribution is 6.11. The first-order chi connectivity index (χ1) is 19.9. The molecule has 0 aromatic heterocycles. The van der Waals surface area contributed by atoms with Crippen LogP contribution < -0.4 is 4.74 Å². The predicted octanol–water partition coefficient (Wildman–Crippen LogP) is 5.73. The van der Waals surface area contributed by atoms with E-state index in [9.17, 15) is 14.4 Å². The summed E-state index contributed by atoms with van der Waals surface area (Å²) in [6.45, 7) is 4.67. The molecule has 1 spiro atoms. The smallest absolute Gasteiger partial charge is 0.417 e.